The number of benzene rings is 7. The molecule has 0 aliphatic rings. The van der Waals surface area contributed by atoms with Gasteiger partial charge in [0.1, 0.15) is 11.4 Å². The third kappa shape index (κ3) is 8.20. The van der Waals surface area contributed by atoms with Crippen LogP contribution in [0.2, 0.25) is 17.3 Å². The van der Waals surface area contributed by atoms with Crippen LogP contribution in [0.15, 0.2) is 156 Å². The number of pyridine rings is 1. The van der Waals surface area contributed by atoms with Gasteiger partial charge in [-0.1, -0.05) is 111 Å². The quantitative estimate of drug-likeness (QED) is 0.118. The number of rotatable bonds is 7. The molecule has 4 nitrogen and oxygen atoms in total. The van der Waals surface area contributed by atoms with Gasteiger partial charge in [-0.05, 0) is 63.7 Å². The van der Waals surface area contributed by atoms with Crippen LogP contribution >= 0.6 is 0 Å². The second-order valence-electron chi connectivity index (χ2n) is 17.4. The maximum Gasteiger partial charge on any atom is 0 e. The van der Waals surface area contributed by atoms with Gasteiger partial charge in [0.15, 0.2) is 0 Å². The Morgan fingerprint density at radius 1 is 0.661 bits per heavy atom. The Kier molecular flexibility index (Phi) is 12.2. The van der Waals surface area contributed by atoms with Gasteiger partial charge in [-0.3, -0.25) is 4.98 Å². The van der Waals surface area contributed by atoms with E-state index < -0.39 is 13.3 Å². The molecule has 3 aromatic heterocycles. The average Bonchev–Trinajstić information content (AvgIpc) is 3.85. The van der Waals surface area contributed by atoms with E-state index >= 15 is 0 Å². The summed E-state index contributed by atoms with van der Waals surface area (Å²) in [5.74, 6) is 8.30. The van der Waals surface area contributed by atoms with Crippen molar-refractivity contribution in [1.29, 1.82) is 0 Å². The molecule has 62 heavy (non-hydrogen) atoms. The number of furan rings is 1. The van der Waals surface area contributed by atoms with Crippen LogP contribution in [-0.4, -0.2) is 27.8 Å². The SMILES string of the molecule is CC(C)c1cccc(C(C)C)c1-n1c(-c2[c-]ccc3c2oc2cc(-c4ccc(F)cc4)ccc23)nc2ccc3ccccc3c21.[CH3][Ge]([CH3])([CH3])[c]1ccc(-c2[c-]cccc2)nc1.[Ir]. The van der Waals surface area contributed by atoms with Crippen molar-refractivity contribution in [2.75, 3.05) is 0 Å². The van der Waals surface area contributed by atoms with Crippen LogP contribution in [0.4, 0.5) is 4.39 Å². The minimum absolute atomic E-state index is 0. The molecule has 0 aliphatic heterocycles. The summed E-state index contributed by atoms with van der Waals surface area (Å²) < 4.78 is 24.1. The van der Waals surface area contributed by atoms with Crippen molar-refractivity contribution in [2.45, 2.75) is 56.8 Å². The van der Waals surface area contributed by atoms with E-state index in [2.05, 4.69) is 152 Å². The molecule has 1 radical (unpaired) electrons. The topological polar surface area (TPSA) is 43.9 Å². The minimum atomic E-state index is -1.72. The maximum atomic E-state index is 13.6. The summed E-state index contributed by atoms with van der Waals surface area (Å²) in [5, 5.41) is 4.35. The summed E-state index contributed by atoms with van der Waals surface area (Å²) in [4.78, 5) is 9.87. The van der Waals surface area contributed by atoms with E-state index in [0.717, 1.165) is 72.1 Å². The Bertz CT molecular complexity index is 3160. The van der Waals surface area contributed by atoms with Crippen LogP contribution in [0, 0.1) is 17.9 Å². The Morgan fingerprint density at radius 2 is 1.39 bits per heavy atom. The van der Waals surface area contributed by atoms with Gasteiger partial charge in [0.05, 0.1) is 22.4 Å². The molecule has 0 N–H and O–H groups in total. The smallest absolute Gasteiger partial charge is 0 e. The second-order valence-corrected chi connectivity index (χ2v) is 28.0. The number of fused-ring (bicyclic) bond motifs is 6. The van der Waals surface area contributed by atoms with Gasteiger partial charge in [-0.25, -0.2) is 4.39 Å². The molecule has 0 bridgehead atoms. The maximum absolute atomic E-state index is 13.6. The van der Waals surface area contributed by atoms with E-state index in [4.69, 9.17) is 9.40 Å². The molecule has 0 saturated carbocycles. The molecule has 0 fully saturated rings. The number of para-hydroxylation sites is 1. The predicted octanol–water partition coefficient (Wildman–Crippen LogP) is 14.7. The molecule has 3 heterocycles. The van der Waals surface area contributed by atoms with E-state index in [0.29, 0.717) is 11.8 Å². The first-order chi connectivity index (χ1) is 29.5. The molecule has 7 aromatic carbocycles. The Labute approximate surface area is 379 Å². The van der Waals surface area contributed by atoms with Crippen molar-refractivity contribution in [3.63, 3.8) is 0 Å². The van der Waals surface area contributed by atoms with Gasteiger partial charge in [-0.15, -0.1) is 18.2 Å². The first-order valence-electron chi connectivity index (χ1n) is 21.1. The van der Waals surface area contributed by atoms with E-state index in [1.54, 1.807) is 12.1 Å². The molecule has 10 aromatic rings. The average molecular weight is 1050 g/mol. The van der Waals surface area contributed by atoms with Gasteiger partial charge in [-0.2, -0.15) is 0 Å². The van der Waals surface area contributed by atoms with E-state index in [1.807, 2.05) is 42.6 Å². The van der Waals surface area contributed by atoms with Gasteiger partial charge < -0.3 is 8.98 Å². The van der Waals surface area contributed by atoms with E-state index in [-0.39, 0.29) is 25.9 Å². The number of nitrogens with zero attached hydrogens (tertiary/aromatic N) is 3. The number of halogens is 1. The second kappa shape index (κ2) is 17.6. The normalized spacial score (nSPS) is 11.7. The molecule has 0 atom stereocenters. The van der Waals surface area contributed by atoms with Crippen molar-refractivity contribution >= 4 is 61.4 Å². The molecule has 0 aliphatic carbocycles. The fourth-order valence-electron chi connectivity index (χ4n) is 8.27. The third-order valence-electron chi connectivity index (χ3n) is 11.6. The van der Waals surface area contributed by atoms with Crippen molar-refractivity contribution in [1.82, 2.24) is 14.5 Å². The largest absolute Gasteiger partial charge is 0 e. The Hall–Kier alpha value is -5.66. The summed E-state index contributed by atoms with van der Waals surface area (Å²) in [5.41, 5.74) is 12.1. The van der Waals surface area contributed by atoms with Gasteiger partial charge in [0.25, 0.3) is 0 Å². The van der Waals surface area contributed by atoms with E-state index in [1.165, 1.54) is 38.7 Å². The van der Waals surface area contributed by atoms with Crippen LogP contribution in [0.25, 0.3) is 83.2 Å². The molecule has 0 unspecified atom stereocenters. The van der Waals surface area contributed by atoms with Gasteiger partial charge in [0, 0.05) is 36.6 Å². The molecule has 0 spiro atoms. The first kappa shape index (κ1) is 43.0. The summed E-state index contributed by atoms with van der Waals surface area (Å²) in [7, 11) is 0. The molecule has 10 rings (SSSR count). The molecular weight excluding hydrogens is 1000 g/mol. The standard InChI is InChI=1S/C41H32FN2O.C14H16GeN.Ir/c1-24(2)30-11-7-12-31(25(3)4)38(30)44-39-32-10-6-5-9-27(32)18-22-36(39)43-41(44)35-14-8-13-34-33-21-17-28(23-37(33)45-40(34)35)26-15-19-29(42)20-16-26;1-15(2,3)13-9-10-14(16-11-13)12-7-5-4-6-8-12;/h5-13,15-25H,1-4H3;4-7,9-11H,1-3H3;/q2*-1;. The number of aromatic nitrogens is 3. The summed E-state index contributed by atoms with van der Waals surface area (Å²) >= 11 is -1.72. The zero-order valence-corrected chi connectivity index (χ0v) is 40.5. The van der Waals surface area contributed by atoms with Crippen LogP contribution in [0.3, 0.4) is 0 Å². The summed E-state index contributed by atoms with van der Waals surface area (Å²) in [6, 6.07) is 55.3. The Morgan fingerprint density at radius 3 is 2.06 bits per heavy atom. The number of hydrogen-bond acceptors (Lipinski definition) is 3. The van der Waals surface area contributed by atoms with Crippen molar-refractivity contribution in [3.05, 3.63) is 181 Å². The van der Waals surface area contributed by atoms with Crippen molar-refractivity contribution in [3.8, 4) is 39.5 Å². The monoisotopic (exact) mass is 1050 g/mol. The third-order valence-corrected chi connectivity index (χ3v) is 15.8. The van der Waals surface area contributed by atoms with E-state index in [9.17, 15) is 4.39 Å². The molecule has 7 heteroatoms. The van der Waals surface area contributed by atoms with Crippen LogP contribution in [-0.2, 0) is 20.1 Å². The zero-order chi connectivity index (χ0) is 42.4. The van der Waals surface area contributed by atoms with Crippen molar-refractivity contribution < 1.29 is 28.9 Å². The fourth-order valence-corrected chi connectivity index (χ4v) is 10.4. The molecule has 0 saturated heterocycles. The molecule has 311 valence electrons. The Balaban J connectivity index is 0.000000263. The fraction of sp³-hybridized carbons (Fsp3) is 0.164. The van der Waals surface area contributed by atoms with Gasteiger partial charge in [0.2, 0.25) is 0 Å². The van der Waals surface area contributed by atoms with Crippen LogP contribution in [0.5, 0.6) is 0 Å². The first-order valence-corrected chi connectivity index (χ1v) is 28.4. The molecule has 0 amide bonds. The van der Waals surface area contributed by atoms with Gasteiger partial charge >= 0.3 is 99.8 Å². The van der Waals surface area contributed by atoms with Crippen LogP contribution in [0.1, 0.15) is 50.7 Å². The number of hydrogen-bond donors (Lipinski definition) is 0. The minimum Gasteiger partial charge on any atom is 0 e. The zero-order valence-electron chi connectivity index (χ0n) is 36.0. The van der Waals surface area contributed by atoms with Crippen LogP contribution < -0.4 is 4.40 Å². The molecular formula is C55H48FGeIrN3O-2. The predicted molar refractivity (Wildman–Crippen MR) is 255 cm³/mol. The van der Waals surface area contributed by atoms with Crippen molar-refractivity contribution in [2.24, 2.45) is 0 Å². The summed E-state index contributed by atoms with van der Waals surface area (Å²) in [6.07, 6.45) is 2.04. The number of imidazole rings is 1. The summed E-state index contributed by atoms with van der Waals surface area (Å²) in [6.45, 7) is 9.02.